The van der Waals surface area contributed by atoms with Gasteiger partial charge in [-0.3, -0.25) is 9.11 Å². The van der Waals surface area contributed by atoms with Gasteiger partial charge in [0.15, 0.2) is 0 Å². The zero-order valence-electron chi connectivity index (χ0n) is 4.79. The Labute approximate surface area is 50.9 Å². The summed E-state index contributed by atoms with van der Waals surface area (Å²) in [7, 11) is -2.66. The summed E-state index contributed by atoms with van der Waals surface area (Å²) in [5, 5.41) is 1.11. The SMILES string of the molecule is C=CS(O)(O)NCC. The van der Waals surface area contributed by atoms with Crippen molar-refractivity contribution in [3.05, 3.63) is 12.0 Å². The molecular weight excluding hydrogens is 126 g/mol. The van der Waals surface area contributed by atoms with Crippen LogP contribution in [0, 0.1) is 0 Å². The standard InChI is InChI=1S/C4H11NO2S/c1-3-5-8(6,7)4-2/h4-7H,2-3H2,1H3. The Bertz CT molecular complexity index is 84.1. The van der Waals surface area contributed by atoms with Gasteiger partial charge in [-0.05, 0) is 0 Å². The highest BCUT2D eigenvalue weighted by Gasteiger charge is 2.00. The van der Waals surface area contributed by atoms with Crippen molar-refractivity contribution in [1.82, 2.24) is 4.72 Å². The van der Waals surface area contributed by atoms with Gasteiger partial charge in [0.25, 0.3) is 0 Å². The number of hydrogen-bond acceptors (Lipinski definition) is 3. The highest BCUT2D eigenvalue weighted by Crippen LogP contribution is 2.33. The molecule has 0 amide bonds. The second kappa shape index (κ2) is 3.09. The summed E-state index contributed by atoms with van der Waals surface area (Å²) in [5.41, 5.74) is 0. The van der Waals surface area contributed by atoms with E-state index in [9.17, 15) is 0 Å². The van der Waals surface area contributed by atoms with E-state index in [2.05, 4.69) is 11.3 Å². The maximum Gasteiger partial charge on any atom is 0.0316 e. The smallest absolute Gasteiger partial charge is 0.0316 e. The lowest BCUT2D eigenvalue weighted by atomic mass is 10.8. The topological polar surface area (TPSA) is 52.5 Å². The van der Waals surface area contributed by atoms with Gasteiger partial charge in [0.05, 0.1) is 0 Å². The average Bonchev–Trinajstić information content (AvgIpc) is 1.67. The van der Waals surface area contributed by atoms with E-state index in [0.717, 1.165) is 5.41 Å². The zero-order chi connectivity index (χ0) is 6.62. The predicted molar refractivity (Wildman–Crippen MR) is 36.7 cm³/mol. The molecule has 0 rings (SSSR count). The minimum atomic E-state index is -2.66. The first-order valence-corrected chi connectivity index (χ1v) is 3.88. The molecule has 0 aromatic heterocycles. The molecule has 0 saturated heterocycles. The van der Waals surface area contributed by atoms with Crippen LogP contribution in [0.5, 0.6) is 0 Å². The summed E-state index contributed by atoms with van der Waals surface area (Å²) in [6, 6.07) is 0. The average molecular weight is 137 g/mol. The molecule has 0 aliphatic rings. The number of rotatable bonds is 3. The van der Waals surface area contributed by atoms with Crippen LogP contribution in [-0.4, -0.2) is 15.7 Å². The summed E-state index contributed by atoms with van der Waals surface area (Å²) >= 11 is 0. The van der Waals surface area contributed by atoms with Gasteiger partial charge in [-0.25, -0.2) is 4.72 Å². The van der Waals surface area contributed by atoms with Crippen molar-refractivity contribution in [3.63, 3.8) is 0 Å². The van der Waals surface area contributed by atoms with Crippen LogP contribution in [-0.2, 0) is 0 Å². The summed E-state index contributed by atoms with van der Waals surface area (Å²) in [4.78, 5) is 0. The van der Waals surface area contributed by atoms with Gasteiger partial charge in [-0.1, -0.05) is 13.5 Å². The molecular formula is C4H11NO2S. The normalized spacial score (nSPS) is 13.4. The van der Waals surface area contributed by atoms with Crippen LogP contribution in [0.1, 0.15) is 6.92 Å². The van der Waals surface area contributed by atoms with Gasteiger partial charge in [0.1, 0.15) is 0 Å². The quantitative estimate of drug-likeness (QED) is 0.551. The van der Waals surface area contributed by atoms with Crippen molar-refractivity contribution in [2.75, 3.05) is 6.54 Å². The maximum atomic E-state index is 8.73. The third-order valence-corrected chi connectivity index (χ3v) is 1.77. The van der Waals surface area contributed by atoms with Gasteiger partial charge in [0.2, 0.25) is 0 Å². The predicted octanol–water partition coefficient (Wildman–Crippen LogP) is 1.40. The molecule has 0 radical (unpaired) electrons. The minimum Gasteiger partial charge on any atom is -0.282 e. The molecule has 0 aliphatic heterocycles. The van der Waals surface area contributed by atoms with Gasteiger partial charge in [0, 0.05) is 12.0 Å². The van der Waals surface area contributed by atoms with E-state index < -0.39 is 10.8 Å². The van der Waals surface area contributed by atoms with Crippen molar-refractivity contribution in [3.8, 4) is 0 Å². The Hall–Kier alpha value is -0.0300. The van der Waals surface area contributed by atoms with Crippen LogP contribution in [0.3, 0.4) is 0 Å². The van der Waals surface area contributed by atoms with E-state index in [0.29, 0.717) is 6.54 Å². The lowest BCUT2D eigenvalue weighted by molar-refractivity contribution is 0.485. The van der Waals surface area contributed by atoms with Crippen molar-refractivity contribution in [2.45, 2.75) is 6.92 Å². The lowest BCUT2D eigenvalue weighted by Crippen LogP contribution is -2.16. The highest BCUT2D eigenvalue weighted by atomic mass is 32.3. The Morgan fingerprint density at radius 3 is 2.38 bits per heavy atom. The van der Waals surface area contributed by atoms with E-state index in [4.69, 9.17) is 9.11 Å². The first-order chi connectivity index (χ1) is 3.62. The van der Waals surface area contributed by atoms with E-state index >= 15 is 0 Å². The van der Waals surface area contributed by atoms with E-state index in [1.54, 1.807) is 6.92 Å². The number of hydrogen-bond donors (Lipinski definition) is 3. The molecule has 8 heavy (non-hydrogen) atoms. The fourth-order valence-electron chi connectivity index (χ4n) is 0.271. The molecule has 0 fully saturated rings. The molecule has 0 bridgehead atoms. The van der Waals surface area contributed by atoms with Crippen molar-refractivity contribution in [2.24, 2.45) is 0 Å². The van der Waals surface area contributed by atoms with Crippen molar-refractivity contribution in [1.29, 1.82) is 0 Å². The van der Waals surface area contributed by atoms with E-state index in [-0.39, 0.29) is 0 Å². The fourth-order valence-corrected chi connectivity index (χ4v) is 0.814. The fraction of sp³-hybridized carbons (Fsp3) is 0.500. The first kappa shape index (κ1) is 7.97. The molecule has 3 nitrogen and oxygen atoms in total. The monoisotopic (exact) mass is 137 g/mol. The van der Waals surface area contributed by atoms with Crippen LogP contribution in [0.15, 0.2) is 12.0 Å². The van der Waals surface area contributed by atoms with Crippen LogP contribution in [0.2, 0.25) is 0 Å². The molecule has 0 spiro atoms. The molecule has 50 valence electrons. The second-order valence-electron chi connectivity index (χ2n) is 1.26. The van der Waals surface area contributed by atoms with E-state index in [1.165, 1.54) is 0 Å². The van der Waals surface area contributed by atoms with Crippen LogP contribution >= 0.6 is 10.8 Å². The minimum absolute atomic E-state index is 0.536. The molecule has 0 saturated carbocycles. The largest absolute Gasteiger partial charge is 0.282 e. The Morgan fingerprint density at radius 1 is 1.75 bits per heavy atom. The summed E-state index contributed by atoms with van der Waals surface area (Å²) in [6.45, 7) is 5.55. The molecule has 0 aliphatic carbocycles. The molecule has 0 unspecified atom stereocenters. The van der Waals surface area contributed by atoms with Crippen molar-refractivity contribution < 1.29 is 9.11 Å². The molecule has 0 heterocycles. The van der Waals surface area contributed by atoms with Crippen LogP contribution in [0.4, 0.5) is 0 Å². The third kappa shape index (κ3) is 3.04. The van der Waals surface area contributed by atoms with Crippen molar-refractivity contribution >= 4 is 10.8 Å². The lowest BCUT2D eigenvalue weighted by Gasteiger charge is -2.27. The number of nitrogens with one attached hydrogen (secondary N) is 1. The Kier molecular flexibility index (Phi) is 3.08. The third-order valence-electron chi connectivity index (χ3n) is 0.589. The Morgan fingerprint density at radius 2 is 2.25 bits per heavy atom. The van der Waals surface area contributed by atoms with Crippen LogP contribution < -0.4 is 4.72 Å². The summed E-state index contributed by atoms with van der Waals surface area (Å²) < 4.78 is 19.9. The van der Waals surface area contributed by atoms with Gasteiger partial charge < -0.3 is 0 Å². The maximum absolute atomic E-state index is 8.73. The first-order valence-electron chi connectivity index (χ1n) is 2.27. The van der Waals surface area contributed by atoms with E-state index in [1.807, 2.05) is 0 Å². The van der Waals surface area contributed by atoms with Gasteiger partial charge >= 0.3 is 0 Å². The molecule has 3 N–H and O–H groups in total. The molecule has 0 atom stereocenters. The van der Waals surface area contributed by atoms with Gasteiger partial charge in [-0.2, -0.15) is 0 Å². The summed E-state index contributed by atoms with van der Waals surface area (Å²) in [5.74, 6) is 0. The highest BCUT2D eigenvalue weighted by molar-refractivity contribution is 8.25. The van der Waals surface area contributed by atoms with Gasteiger partial charge in [-0.15, -0.1) is 10.8 Å². The molecule has 0 aromatic rings. The zero-order valence-corrected chi connectivity index (χ0v) is 5.61. The molecule has 0 aromatic carbocycles. The summed E-state index contributed by atoms with van der Waals surface area (Å²) in [6.07, 6.45) is 0. The Balaban J connectivity index is 3.53. The molecule has 4 heteroatoms. The van der Waals surface area contributed by atoms with Crippen LogP contribution in [0.25, 0.3) is 0 Å². The second-order valence-corrected chi connectivity index (χ2v) is 3.07.